The van der Waals surface area contributed by atoms with E-state index in [0.717, 1.165) is 37.0 Å². The van der Waals surface area contributed by atoms with Crippen LogP contribution in [0.25, 0.3) is 5.69 Å². The summed E-state index contributed by atoms with van der Waals surface area (Å²) >= 11 is 1.44. The predicted molar refractivity (Wildman–Crippen MR) is 117 cm³/mol. The van der Waals surface area contributed by atoms with Crippen molar-refractivity contribution < 1.29 is 4.79 Å². The number of hydrogen-bond donors (Lipinski definition) is 0. The van der Waals surface area contributed by atoms with Crippen LogP contribution in [0.1, 0.15) is 11.1 Å². The highest BCUT2D eigenvalue weighted by Crippen LogP contribution is 2.24. The van der Waals surface area contributed by atoms with Crippen LogP contribution in [0.2, 0.25) is 0 Å². The molecular weight excluding hydrogens is 382 g/mol. The van der Waals surface area contributed by atoms with Crippen molar-refractivity contribution >= 4 is 23.4 Å². The number of amides is 1. The van der Waals surface area contributed by atoms with Gasteiger partial charge in [0.05, 0.1) is 5.75 Å². The van der Waals surface area contributed by atoms with E-state index in [0.29, 0.717) is 5.75 Å². The molecule has 3 aromatic rings. The summed E-state index contributed by atoms with van der Waals surface area (Å²) in [4.78, 5) is 17.1. The fourth-order valence-corrected chi connectivity index (χ4v) is 4.41. The van der Waals surface area contributed by atoms with Crippen molar-refractivity contribution in [3.63, 3.8) is 0 Å². The Kier molecular flexibility index (Phi) is 5.85. The number of aryl methyl sites for hydroxylation is 1. The maximum atomic E-state index is 12.7. The molecule has 0 atom stereocenters. The minimum Gasteiger partial charge on any atom is -0.368 e. The third kappa shape index (κ3) is 4.29. The molecule has 7 heteroatoms. The molecule has 0 spiro atoms. The van der Waals surface area contributed by atoms with Crippen molar-refractivity contribution in [1.29, 1.82) is 0 Å². The lowest BCUT2D eigenvalue weighted by atomic mass is 10.1. The van der Waals surface area contributed by atoms with Gasteiger partial charge in [0.15, 0.2) is 5.16 Å². The number of thioether (sulfide) groups is 1. The summed E-state index contributed by atoms with van der Waals surface area (Å²) in [5.74, 6) is 0.521. The number of anilines is 1. The molecule has 0 N–H and O–H groups in total. The van der Waals surface area contributed by atoms with E-state index in [4.69, 9.17) is 0 Å². The smallest absolute Gasteiger partial charge is 0.233 e. The van der Waals surface area contributed by atoms with Crippen LogP contribution in [-0.2, 0) is 4.79 Å². The lowest BCUT2D eigenvalue weighted by molar-refractivity contribution is -0.128. The second-order valence-electron chi connectivity index (χ2n) is 7.19. The van der Waals surface area contributed by atoms with Gasteiger partial charge in [0.2, 0.25) is 5.91 Å². The highest BCUT2D eigenvalue weighted by molar-refractivity contribution is 7.99. The third-order valence-electron chi connectivity index (χ3n) is 5.42. The van der Waals surface area contributed by atoms with Crippen LogP contribution in [0.3, 0.4) is 0 Å². The summed E-state index contributed by atoms with van der Waals surface area (Å²) in [6.45, 7) is 7.53. The Hall–Kier alpha value is -2.80. The Labute approximate surface area is 175 Å². The van der Waals surface area contributed by atoms with E-state index < -0.39 is 0 Å². The van der Waals surface area contributed by atoms with Gasteiger partial charge in [-0.3, -0.25) is 9.36 Å². The summed E-state index contributed by atoms with van der Waals surface area (Å²) in [5.41, 5.74) is 4.90. The molecule has 1 aromatic heterocycles. The molecule has 150 valence electrons. The number of piperazine rings is 1. The number of rotatable bonds is 5. The van der Waals surface area contributed by atoms with E-state index in [2.05, 4.69) is 47.1 Å². The average molecular weight is 408 g/mol. The summed E-state index contributed by atoms with van der Waals surface area (Å²) in [7, 11) is 0. The van der Waals surface area contributed by atoms with Crippen molar-refractivity contribution in [2.45, 2.75) is 19.0 Å². The van der Waals surface area contributed by atoms with Crippen LogP contribution in [0.5, 0.6) is 0 Å². The zero-order valence-corrected chi connectivity index (χ0v) is 17.6. The van der Waals surface area contributed by atoms with E-state index >= 15 is 0 Å². The quantitative estimate of drug-likeness (QED) is 0.608. The number of carbonyl (C=O) groups is 1. The van der Waals surface area contributed by atoms with Crippen LogP contribution in [0, 0.1) is 13.8 Å². The number of benzene rings is 2. The average Bonchev–Trinajstić information content (AvgIpc) is 3.23. The standard InChI is InChI=1S/C22H25N5OS/c1-17-7-6-10-20(18(17)2)25-11-13-26(14-12-25)21(28)15-29-22-24-23-16-27(22)19-8-4-3-5-9-19/h3-10,16H,11-15H2,1-2H3. The summed E-state index contributed by atoms with van der Waals surface area (Å²) in [6.07, 6.45) is 1.69. The first-order chi connectivity index (χ1) is 14.1. The fourth-order valence-electron chi connectivity index (χ4n) is 3.58. The molecule has 1 saturated heterocycles. The van der Waals surface area contributed by atoms with Crippen LogP contribution in [0.4, 0.5) is 5.69 Å². The van der Waals surface area contributed by atoms with Gasteiger partial charge in [-0.05, 0) is 43.2 Å². The Bertz CT molecular complexity index is 980. The van der Waals surface area contributed by atoms with Crippen molar-refractivity contribution in [3.8, 4) is 5.69 Å². The van der Waals surface area contributed by atoms with Crippen LogP contribution in [0.15, 0.2) is 60.0 Å². The molecule has 0 aliphatic carbocycles. The van der Waals surface area contributed by atoms with Crippen LogP contribution in [-0.4, -0.2) is 57.5 Å². The van der Waals surface area contributed by atoms with Gasteiger partial charge in [-0.15, -0.1) is 10.2 Å². The normalized spacial score (nSPS) is 14.3. The zero-order chi connectivity index (χ0) is 20.2. The molecule has 0 radical (unpaired) electrons. The SMILES string of the molecule is Cc1cccc(N2CCN(C(=O)CSc3nncn3-c3ccccc3)CC2)c1C. The Morgan fingerprint density at radius 2 is 1.76 bits per heavy atom. The number of carbonyl (C=O) groups excluding carboxylic acids is 1. The van der Waals surface area contributed by atoms with E-state index in [-0.39, 0.29) is 5.91 Å². The maximum Gasteiger partial charge on any atom is 0.233 e. The van der Waals surface area contributed by atoms with Gasteiger partial charge in [-0.25, -0.2) is 0 Å². The molecule has 0 saturated carbocycles. The van der Waals surface area contributed by atoms with Gasteiger partial charge in [0, 0.05) is 37.6 Å². The highest BCUT2D eigenvalue weighted by Gasteiger charge is 2.23. The summed E-state index contributed by atoms with van der Waals surface area (Å²) in [5, 5.41) is 8.92. The maximum absolute atomic E-state index is 12.7. The van der Waals surface area contributed by atoms with Gasteiger partial charge in [0.1, 0.15) is 6.33 Å². The van der Waals surface area contributed by atoms with Gasteiger partial charge < -0.3 is 9.80 Å². The van der Waals surface area contributed by atoms with E-state index in [1.54, 1.807) is 6.33 Å². The minimum atomic E-state index is 0.151. The molecule has 4 rings (SSSR count). The fraction of sp³-hybridized carbons (Fsp3) is 0.318. The van der Waals surface area contributed by atoms with Gasteiger partial charge in [0.25, 0.3) is 0 Å². The predicted octanol–water partition coefficient (Wildman–Crippen LogP) is 3.33. The van der Waals surface area contributed by atoms with Gasteiger partial charge >= 0.3 is 0 Å². The largest absolute Gasteiger partial charge is 0.368 e. The molecule has 2 heterocycles. The first-order valence-corrected chi connectivity index (χ1v) is 10.8. The Balaban J connectivity index is 1.33. The van der Waals surface area contributed by atoms with E-state index in [1.807, 2.05) is 39.8 Å². The molecule has 0 unspecified atom stereocenters. The van der Waals surface area contributed by atoms with Crippen molar-refractivity contribution in [2.75, 3.05) is 36.8 Å². The Morgan fingerprint density at radius 1 is 1.00 bits per heavy atom. The highest BCUT2D eigenvalue weighted by atomic mass is 32.2. The topological polar surface area (TPSA) is 54.3 Å². The molecule has 0 bridgehead atoms. The van der Waals surface area contributed by atoms with E-state index in [9.17, 15) is 4.79 Å². The van der Waals surface area contributed by atoms with Crippen molar-refractivity contribution in [2.24, 2.45) is 0 Å². The molecule has 6 nitrogen and oxygen atoms in total. The lowest BCUT2D eigenvalue weighted by Crippen LogP contribution is -2.49. The zero-order valence-electron chi connectivity index (χ0n) is 16.8. The Morgan fingerprint density at radius 3 is 2.52 bits per heavy atom. The number of hydrogen-bond acceptors (Lipinski definition) is 5. The molecule has 1 aliphatic heterocycles. The van der Waals surface area contributed by atoms with Crippen LogP contribution < -0.4 is 4.90 Å². The summed E-state index contributed by atoms with van der Waals surface area (Å²) < 4.78 is 1.91. The second kappa shape index (κ2) is 8.69. The lowest BCUT2D eigenvalue weighted by Gasteiger charge is -2.37. The third-order valence-corrected chi connectivity index (χ3v) is 6.35. The molecule has 2 aromatic carbocycles. The van der Waals surface area contributed by atoms with E-state index in [1.165, 1.54) is 28.6 Å². The van der Waals surface area contributed by atoms with Crippen LogP contribution >= 0.6 is 11.8 Å². The monoisotopic (exact) mass is 407 g/mol. The molecule has 29 heavy (non-hydrogen) atoms. The number of aromatic nitrogens is 3. The number of para-hydroxylation sites is 1. The molecule has 1 aliphatic rings. The van der Waals surface area contributed by atoms with Gasteiger partial charge in [-0.2, -0.15) is 0 Å². The minimum absolute atomic E-state index is 0.151. The second-order valence-corrected chi connectivity index (χ2v) is 8.14. The molecule has 1 fully saturated rings. The summed E-state index contributed by atoms with van der Waals surface area (Å²) in [6, 6.07) is 16.4. The van der Waals surface area contributed by atoms with Crippen molar-refractivity contribution in [1.82, 2.24) is 19.7 Å². The van der Waals surface area contributed by atoms with Crippen molar-refractivity contribution in [3.05, 3.63) is 66.0 Å². The molecule has 1 amide bonds. The number of nitrogens with zero attached hydrogens (tertiary/aromatic N) is 5. The molecular formula is C22H25N5OS. The first kappa shape index (κ1) is 19.5. The van der Waals surface area contributed by atoms with Gasteiger partial charge in [-0.1, -0.05) is 42.1 Å². The first-order valence-electron chi connectivity index (χ1n) is 9.80.